The van der Waals surface area contributed by atoms with Gasteiger partial charge in [-0.2, -0.15) is 0 Å². The van der Waals surface area contributed by atoms with Crippen molar-refractivity contribution in [2.45, 2.75) is 45.4 Å². The highest BCUT2D eigenvalue weighted by atomic mass is 79.9. The molecule has 1 saturated heterocycles. The maximum absolute atomic E-state index is 12.4. The molecule has 2 rings (SSSR count). The van der Waals surface area contributed by atoms with Gasteiger partial charge < -0.3 is 19.7 Å². The first-order chi connectivity index (χ1) is 13.1. The van der Waals surface area contributed by atoms with Crippen molar-refractivity contribution in [1.82, 2.24) is 10.2 Å². The highest BCUT2D eigenvalue weighted by Crippen LogP contribution is 2.36. The Bertz CT molecular complexity index is 643. The van der Waals surface area contributed by atoms with Crippen LogP contribution in [0.15, 0.2) is 16.6 Å². The van der Waals surface area contributed by atoms with Gasteiger partial charge in [-0.05, 0) is 47.3 Å². The maximum atomic E-state index is 12.4. The fraction of sp³-hybridized carbons (Fsp3) is 0.600. The van der Waals surface area contributed by atoms with Gasteiger partial charge in [-0.25, -0.2) is 0 Å². The van der Waals surface area contributed by atoms with Crippen LogP contribution >= 0.6 is 15.9 Å². The SMILES string of the molecule is CCCOc1c(Br)cc(C(=O)NCCC(=O)N2CCCCCC2)cc1OC. The number of hydrogen-bond donors (Lipinski definition) is 1. The van der Waals surface area contributed by atoms with E-state index < -0.39 is 0 Å². The third-order valence-corrected chi connectivity index (χ3v) is 5.11. The molecule has 0 unspecified atom stereocenters. The molecular weight excluding hydrogens is 412 g/mol. The van der Waals surface area contributed by atoms with Crippen molar-refractivity contribution in [1.29, 1.82) is 0 Å². The first kappa shape index (κ1) is 21.5. The summed E-state index contributed by atoms with van der Waals surface area (Å²) < 4.78 is 11.7. The Morgan fingerprint density at radius 3 is 2.52 bits per heavy atom. The highest BCUT2D eigenvalue weighted by Gasteiger charge is 2.17. The van der Waals surface area contributed by atoms with Crippen molar-refractivity contribution in [3.05, 3.63) is 22.2 Å². The lowest BCUT2D eigenvalue weighted by Gasteiger charge is -2.20. The Kier molecular flexibility index (Phi) is 8.91. The monoisotopic (exact) mass is 440 g/mol. The predicted octanol–water partition coefficient (Wildman–Crippen LogP) is 3.77. The zero-order valence-electron chi connectivity index (χ0n) is 16.2. The van der Waals surface area contributed by atoms with E-state index in [1.165, 1.54) is 12.8 Å². The normalized spacial score (nSPS) is 14.4. The number of hydrogen-bond acceptors (Lipinski definition) is 4. The fourth-order valence-corrected chi connectivity index (χ4v) is 3.61. The molecule has 1 aromatic rings. The zero-order chi connectivity index (χ0) is 19.6. The van der Waals surface area contributed by atoms with E-state index in [1.807, 2.05) is 11.8 Å². The smallest absolute Gasteiger partial charge is 0.251 e. The van der Waals surface area contributed by atoms with Crippen molar-refractivity contribution in [2.24, 2.45) is 0 Å². The van der Waals surface area contributed by atoms with E-state index in [4.69, 9.17) is 9.47 Å². The summed E-state index contributed by atoms with van der Waals surface area (Å²) in [5.41, 5.74) is 0.463. The predicted molar refractivity (Wildman–Crippen MR) is 108 cm³/mol. The van der Waals surface area contributed by atoms with Gasteiger partial charge in [0.05, 0.1) is 18.2 Å². The van der Waals surface area contributed by atoms with Crippen LogP contribution in [0, 0.1) is 0 Å². The largest absolute Gasteiger partial charge is 0.493 e. The molecule has 6 nitrogen and oxygen atoms in total. The average Bonchev–Trinajstić information content (AvgIpc) is 2.95. The maximum Gasteiger partial charge on any atom is 0.251 e. The molecule has 0 aromatic heterocycles. The Morgan fingerprint density at radius 2 is 1.89 bits per heavy atom. The lowest BCUT2D eigenvalue weighted by Crippen LogP contribution is -2.35. The van der Waals surface area contributed by atoms with E-state index in [1.54, 1.807) is 19.2 Å². The van der Waals surface area contributed by atoms with Gasteiger partial charge in [0.1, 0.15) is 0 Å². The van der Waals surface area contributed by atoms with E-state index in [-0.39, 0.29) is 11.8 Å². The Balaban J connectivity index is 1.91. The molecule has 150 valence electrons. The van der Waals surface area contributed by atoms with Gasteiger partial charge in [-0.15, -0.1) is 0 Å². The van der Waals surface area contributed by atoms with Gasteiger partial charge in [-0.3, -0.25) is 9.59 Å². The quantitative estimate of drug-likeness (QED) is 0.667. The van der Waals surface area contributed by atoms with Gasteiger partial charge in [0.25, 0.3) is 5.91 Å². The van der Waals surface area contributed by atoms with Crippen LogP contribution in [0.2, 0.25) is 0 Å². The molecule has 0 saturated carbocycles. The van der Waals surface area contributed by atoms with Crippen LogP contribution in [0.4, 0.5) is 0 Å². The second-order valence-corrected chi connectivity index (χ2v) is 7.49. The van der Waals surface area contributed by atoms with Crippen molar-refractivity contribution in [3.63, 3.8) is 0 Å². The second-order valence-electron chi connectivity index (χ2n) is 6.64. The number of nitrogens with zero attached hydrogens (tertiary/aromatic N) is 1. The standard InChI is InChI=1S/C20H29BrN2O4/c1-3-12-27-19-16(21)13-15(14-17(19)26-2)20(25)22-9-8-18(24)23-10-6-4-5-7-11-23/h13-14H,3-12H2,1-2H3,(H,22,25). The highest BCUT2D eigenvalue weighted by molar-refractivity contribution is 9.10. The van der Waals surface area contributed by atoms with Crippen molar-refractivity contribution in [3.8, 4) is 11.5 Å². The number of ether oxygens (including phenoxy) is 2. The van der Waals surface area contributed by atoms with E-state index in [0.717, 1.165) is 32.4 Å². The molecule has 1 heterocycles. The third kappa shape index (κ3) is 6.41. The van der Waals surface area contributed by atoms with Gasteiger partial charge >= 0.3 is 0 Å². The second kappa shape index (κ2) is 11.2. The summed E-state index contributed by atoms with van der Waals surface area (Å²) >= 11 is 3.44. The summed E-state index contributed by atoms with van der Waals surface area (Å²) in [6, 6.07) is 3.36. The van der Waals surface area contributed by atoms with Crippen molar-refractivity contribution < 1.29 is 19.1 Å². The topological polar surface area (TPSA) is 67.9 Å². The Morgan fingerprint density at radius 1 is 1.19 bits per heavy atom. The van der Waals surface area contributed by atoms with E-state index >= 15 is 0 Å². The first-order valence-corrected chi connectivity index (χ1v) is 10.4. The van der Waals surface area contributed by atoms with Crippen molar-refractivity contribution >= 4 is 27.7 Å². The summed E-state index contributed by atoms with van der Waals surface area (Å²) in [6.45, 7) is 4.57. The van der Waals surface area contributed by atoms with Gasteiger partial charge in [0, 0.05) is 31.6 Å². The lowest BCUT2D eigenvalue weighted by atomic mass is 10.2. The number of halogens is 1. The van der Waals surface area contributed by atoms with E-state index in [0.29, 0.717) is 41.1 Å². The first-order valence-electron chi connectivity index (χ1n) is 9.63. The van der Waals surface area contributed by atoms with Gasteiger partial charge in [-0.1, -0.05) is 19.8 Å². The number of carbonyl (C=O) groups is 2. The number of benzene rings is 1. The lowest BCUT2D eigenvalue weighted by molar-refractivity contribution is -0.131. The third-order valence-electron chi connectivity index (χ3n) is 4.53. The van der Waals surface area contributed by atoms with Gasteiger partial charge in [0.15, 0.2) is 11.5 Å². The van der Waals surface area contributed by atoms with Crippen LogP contribution in [-0.2, 0) is 4.79 Å². The molecule has 1 aromatic carbocycles. The van der Waals surface area contributed by atoms with Crippen LogP contribution in [0.5, 0.6) is 11.5 Å². The minimum absolute atomic E-state index is 0.110. The Hall–Kier alpha value is -1.76. The van der Waals surface area contributed by atoms with Crippen LogP contribution in [0.25, 0.3) is 0 Å². The van der Waals surface area contributed by atoms with Crippen LogP contribution in [-0.4, -0.2) is 50.1 Å². The molecule has 1 N–H and O–H groups in total. The summed E-state index contributed by atoms with van der Waals surface area (Å²) in [4.78, 5) is 26.7. The molecule has 0 aliphatic carbocycles. The molecule has 1 fully saturated rings. The Labute approximate surface area is 169 Å². The summed E-state index contributed by atoms with van der Waals surface area (Å²) in [5, 5.41) is 2.82. The summed E-state index contributed by atoms with van der Waals surface area (Å²) in [7, 11) is 1.54. The van der Waals surface area contributed by atoms with Gasteiger partial charge in [0.2, 0.25) is 5.91 Å². The van der Waals surface area contributed by atoms with E-state index in [2.05, 4.69) is 21.2 Å². The molecule has 27 heavy (non-hydrogen) atoms. The molecule has 7 heteroatoms. The zero-order valence-corrected chi connectivity index (χ0v) is 17.8. The summed E-state index contributed by atoms with van der Waals surface area (Å²) in [6.07, 6.45) is 5.71. The number of rotatable bonds is 8. The fourth-order valence-electron chi connectivity index (χ4n) is 3.06. The number of nitrogens with one attached hydrogen (secondary N) is 1. The molecule has 0 bridgehead atoms. The van der Waals surface area contributed by atoms with Crippen LogP contribution < -0.4 is 14.8 Å². The molecule has 0 spiro atoms. The molecule has 0 radical (unpaired) electrons. The molecular formula is C20H29BrN2O4. The van der Waals surface area contributed by atoms with Crippen LogP contribution in [0.1, 0.15) is 55.8 Å². The minimum atomic E-state index is -0.236. The van der Waals surface area contributed by atoms with Crippen molar-refractivity contribution in [2.75, 3.05) is 33.4 Å². The number of methoxy groups -OCH3 is 1. The van der Waals surface area contributed by atoms with E-state index in [9.17, 15) is 9.59 Å². The minimum Gasteiger partial charge on any atom is -0.493 e. The number of likely N-dealkylation sites (tertiary alicyclic amines) is 1. The number of amides is 2. The average molecular weight is 441 g/mol. The summed E-state index contributed by atoms with van der Waals surface area (Å²) in [5.74, 6) is 0.967. The molecule has 1 aliphatic rings. The van der Waals surface area contributed by atoms with Crippen LogP contribution in [0.3, 0.4) is 0 Å². The molecule has 1 aliphatic heterocycles. The molecule has 2 amide bonds. The number of carbonyl (C=O) groups excluding carboxylic acids is 2. The molecule has 0 atom stereocenters.